The average molecular weight is 516 g/mol. The lowest BCUT2D eigenvalue weighted by Crippen LogP contribution is -2.50. The first-order valence-electron chi connectivity index (χ1n) is 14.1. The van der Waals surface area contributed by atoms with Crippen molar-refractivity contribution in [1.82, 2.24) is 10.3 Å². The first kappa shape index (κ1) is 24.9. The van der Waals surface area contributed by atoms with Gasteiger partial charge < -0.3 is 21.3 Å². The second-order valence-corrected chi connectivity index (χ2v) is 11.8. The molecule has 4 N–H and O–H groups in total. The molecule has 2 saturated carbocycles. The topological polar surface area (TPSA) is 117 Å². The van der Waals surface area contributed by atoms with Gasteiger partial charge in [-0.1, -0.05) is 0 Å². The van der Waals surface area contributed by atoms with E-state index in [1.54, 1.807) is 18.3 Å². The van der Waals surface area contributed by atoms with Crippen LogP contribution in [0.25, 0.3) is 0 Å². The fraction of sp³-hybridized carbons (Fsp3) is 0.533. The number of nitrogens with one attached hydrogen (secondary N) is 2. The maximum absolute atomic E-state index is 13.4. The van der Waals surface area contributed by atoms with E-state index in [4.69, 9.17) is 5.73 Å². The third-order valence-electron chi connectivity index (χ3n) is 8.90. The molecule has 8 heteroatoms. The van der Waals surface area contributed by atoms with Crippen LogP contribution in [-0.2, 0) is 0 Å². The van der Waals surface area contributed by atoms with Crippen molar-refractivity contribution in [2.24, 2.45) is 17.6 Å². The van der Waals surface area contributed by atoms with E-state index < -0.39 is 5.91 Å². The van der Waals surface area contributed by atoms with Gasteiger partial charge in [0.15, 0.2) is 5.78 Å². The highest BCUT2D eigenvalue weighted by molar-refractivity contribution is 6.03. The Morgan fingerprint density at radius 1 is 1.00 bits per heavy atom. The molecule has 2 amide bonds. The highest BCUT2D eigenvalue weighted by atomic mass is 16.2. The van der Waals surface area contributed by atoms with Crippen LogP contribution < -0.4 is 21.3 Å². The minimum absolute atomic E-state index is 0.0731. The van der Waals surface area contributed by atoms with Crippen LogP contribution in [0.4, 0.5) is 11.5 Å². The minimum Gasteiger partial charge on any atom is -0.382 e. The number of fused-ring (bicyclic) bond motifs is 2. The Hall–Kier alpha value is -3.42. The SMILES string of the molecule is Cc1cc(C(N)=O)c(NC(C)C2CC2)cc1C(=O)NC1C[C@H]2CC[C@@H](C1)N2c1ccc(C(=O)C2CC2)cn1. The lowest BCUT2D eigenvalue weighted by molar-refractivity contribution is 0.0923. The smallest absolute Gasteiger partial charge is 0.251 e. The number of hydrogen-bond donors (Lipinski definition) is 3. The van der Waals surface area contributed by atoms with E-state index in [1.807, 2.05) is 19.1 Å². The number of carbonyl (C=O) groups excluding carboxylic acids is 3. The van der Waals surface area contributed by atoms with E-state index in [9.17, 15) is 14.4 Å². The molecule has 2 aliphatic carbocycles. The van der Waals surface area contributed by atoms with Gasteiger partial charge in [0.25, 0.3) is 11.8 Å². The number of Topliss-reactive ketones (excluding diaryl/α,β-unsaturated/α-hetero) is 1. The zero-order chi connectivity index (χ0) is 26.6. The predicted molar refractivity (Wildman–Crippen MR) is 147 cm³/mol. The zero-order valence-corrected chi connectivity index (χ0v) is 22.2. The molecule has 4 fully saturated rings. The molecule has 4 aliphatic rings. The normalized spacial score (nSPS) is 25.1. The molecule has 0 radical (unpaired) electrons. The predicted octanol–water partition coefficient (Wildman–Crippen LogP) is 4.22. The molecule has 38 heavy (non-hydrogen) atoms. The van der Waals surface area contributed by atoms with Gasteiger partial charge in [0, 0.05) is 53.1 Å². The lowest BCUT2D eigenvalue weighted by atomic mass is 9.95. The molecule has 1 aromatic carbocycles. The number of rotatable bonds is 9. The Labute approximate surface area is 223 Å². The zero-order valence-electron chi connectivity index (χ0n) is 22.2. The maximum atomic E-state index is 13.4. The fourth-order valence-corrected chi connectivity index (χ4v) is 6.43. The highest BCUT2D eigenvalue weighted by Crippen LogP contribution is 2.39. The highest BCUT2D eigenvalue weighted by Gasteiger charge is 2.42. The Morgan fingerprint density at radius 2 is 1.71 bits per heavy atom. The molecule has 6 rings (SSSR count). The van der Waals surface area contributed by atoms with Gasteiger partial charge >= 0.3 is 0 Å². The van der Waals surface area contributed by atoms with Crippen molar-refractivity contribution < 1.29 is 14.4 Å². The van der Waals surface area contributed by atoms with E-state index in [0.717, 1.165) is 49.9 Å². The van der Waals surface area contributed by atoms with Crippen molar-refractivity contribution in [2.45, 2.75) is 89.4 Å². The van der Waals surface area contributed by atoms with Crippen molar-refractivity contribution >= 4 is 29.1 Å². The van der Waals surface area contributed by atoms with E-state index in [1.165, 1.54) is 12.8 Å². The number of benzene rings is 1. The number of hydrogen-bond acceptors (Lipinski definition) is 6. The largest absolute Gasteiger partial charge is 0.382 e. The standard InChI is InChI=1S/C30H37N5O3/c1-16-11-25(29(31)37)26(33-17(2)18-3-4-18)14-24(16)30(38)34-21-12-22-8-9-23(13-21)35(22)27-10-7-20(15-32-27)28(36)19-5-6-19/h7,10-11,14-15,17-19,21-23,33H,3-6,8-9,12-13H2,1-2H3,(H2,31,37)(H,34,38)/t17?,21?,22-,23+. The van der Waals surface area contributed by atoms with Crippen LogP contribution in [-0.4, -0.2) is 46.7 Å². The third-order valence-corrected chi connectivity index (χ3v) is 8.90. The molecule has 2 aromatic rings. The Bertz CT molecular complexity index is 1250. The van der Waals surface area contributed by atoms with Gasteiger partial charge in [0.05, 0.1) is 5.56 Å². The molecule has 8 nitrogen and oxygen atoms in total. The maximum Gasteiger partial charge on any atom is 0.251 e. The van der Waals surface area contributed by atoms with Crippen molar-refractivity contribution in [3.8, 4) is 0 Å². The van der Waals surface area contributed by atoms with Crippen LogP contribution in [0.5, 0.6) is 0 Å². The van der Waals surface area contributed by atoms with E-state index in [-0.39, 0.29) is 29.7 Å². The monoisotopic (exact) mass is 515 g/mol. The Kier molecular flexibility index (Phi) is 6.36. The van der Waals surface area contributed by atoms with E-state index in [0.29, 0.717) is 40.4 Å². The summed E-state index contributed by atoms with van der Waals surface area (Å²) in [5.74, 6) is 1.33. The van der Waals surface area contributed by atoms with Crippen molar-refractivity contribution in [2.75, 3.05) is 10.2 Å². The van der Waals surface area contributed by atoms with Gasteiger partial charge in [-0.15, -0.1) is 0 Å². The summed E-state index contributed by atoms with van der Waals surface area (Å²) >= 11 is 0. The van der Waals surface area contributed by atoms with E-state index >= 15 is 0 Å². The summed E-state index contributed by atoms with van der Waals surface area (Å²) in [6.45, 7) is 3.96. The van der Waals surface area contributed by atoms with E-state index in [2.05, 4.69) is 27.4 Å². The lowest BCUT2D eigenvalue weighted by Gasteiger charge is -2.40. The molecule has 0 spiro atoms. The number of carbonyl (C=O) groups is 3. The Balaban J connectivity index is 1.14. The average Bonchev–Trinajstić information content (AvgIpc) is 3.81. The Morgan fingerprint density at radius 3 is 2.29 bits per heavy atom. The minimum atomic E-state index is -0.493. The van der Waals surface area contributed by atoms with Gasteiger partial charge in [-0.05, 0) is 101 Å². The first-order valence-corrected chi connectivity index (χ1v) is 14.1. The second kappa shape index (κ2) is 9.71. The summed E-state index contributed by atoms with van der Waals surface area (Å²) in [6.07, 6.45) is 9.94. The molecule has 200 valence electrons. The molecule has 2 aliphatic heterocycles. The number of piperidine rings is 1. The summed E-state index contributed by atoms with van der Waals surface area (Å²) < 4.78 is 0. The van der Waals surface area contributed by atoms with Crippen LogP contribution in [0, 0.1) is 18.8 Å². The quantitative estimate of drug-likeness (QED) is 0.431. The van der Waals surface area contributed by atoms with Crippen LogP contribution in [0.3, 0.4) is 0 Å². The van der Waals surface area contributed by atoms with Crippen molar-refractivity contribution in [3.05, 3.63) is 52.7 Å². The van der Waals surface area contributed by atoms with Gasteiger partial charge in [-0.3, -0.25) is 14.4 Å². The summed E-state index contributed by atoms with van der Waals surface area (Å²) in [7, 11) is 0. The molecule has 2 bridgehead atoms. The number of aromatic nitrogens is 1. The summed E-state index contributed by atoms with van der Waals surface area (Å²) in [5, 5.41) is 6.71. The van der Waals surface area contributed by atoms with Gasteiger partial charge in [-0.25, -0.2) is 4.98 Å². The summed E-state index contributed by atoms with van der Waals surface area (Å²) in [6, 6.07) is 8.35. The van der Waals surface area contributed by atoms with Gasteiger partial charge in [0.2, 0.25) is 0 Å². The molecule has 1 aromatic heterocycles. The number of amides is 2. The molecular weight excluding hydrogens is 478 g/mol. The summed E-state index contributed by atoms with van der Waals surface area (Å²) in [4.78, 5) is 45.0. The van der Waals surface area contributed by atoms with Gasteiger partial charge in [-0.2, -0.15) is 0 Å². The van der Waals surface area contributed by atoms with Crippen LogP contribution in [0.1, 0.15) is 94.9 Å². The van der Waals surface area contributed by atoms with Crippen LogP contribution in [0.2, 0.25) is 0 Å². The first-order chi connectivity index (χ1) is 18.3. The second-order valence-electron chi connectivity index (χ2n) is 11.8. The third kappa shape index (κ3) is 4.88. The molecule has 2 saturated heterocycles. The number of aryl methyl sites for hydroxylation is 1. The molecular formula is C30H37N5O3. The van der Waals surface area contributed by atoms with Crippen LogP contribution in [0.15, 0.2) is 30.5 Å². The fourth-order valence-electron chi connectivity index (χ4n) is 6.43. The number of nitrogens with zero attached hydrogens (tertiary/aromatic N) is 2. The molecule has 2 unspecified atom stereocenters. The number of nitrogens with two attached hydrogens (primary N) is 1. The number of pyridine rings is 1. The summed E-state index contributed by atoms with van der Waals surface area (Å²) in [5.41, 5.74) is 8.75. The molecule has 3 heterocycles. The molecule has 4 atom stereocenters. The van der Waals surface area contributed by atoms with Gasteiger partial charge in [0.1, 0.15) is 5.82 Å². The van der Waals surface area contributed by atoms with Crippen molar-refractivity contribution in [3.63, 3.8) is 0 Å². The number of ketones is 1. The van der Waals surface area contributed by atoms with Crippen molar-refractivity contribution in [1.29, 1.82) is 0 Å². The number of anilines is 2. The van der Waals surface area contributed by atoms with Crippen LogP contribution >= 0.6 is 0 Å². The number of primary amides is 1.